The van der Waals surface area contributed by atoms with Crippen molar-refractivity contribution in [2.75, 3.05) is 0 Å². The largest absolute Gasteiger partial charge is 0.385 e. The lowest BCUT2D eigenvalue weighted by Gasteiger charge is -2.24. The number of aliphatic hydroxyl groups excluding tert-OH is 1. The fourth-order valence-corrected chi connectivity index (χ4v) is 1.70. The second-order valence-electron chi connectivity index (χ2n) is 4.34. The van der Waals surface area contributed by atoms with Crippen LogP contribution in [0.25, 0.3) is 0 Å². The molecule has 14 heavy (non-hydrogen) atoms. The molecule has 0 saturated carbocycles. The number of aliphatic hydroxyl groups is 1. The molecule has 3 nitrogen and oxygen atoms in total. The molecule has 0 spiro atoms. The second kappa shape index (κ2) is 4.19. The standard InChI is InChI=1S/C10H15NO2S/c1-10(2,3)9(13)7(12)6-8-11-4-5-14-8/h4-5,9,13H,6H2,1-3H3. The van der Waals surface area contributed by atoms with Crippen molar-refractivity contribution in [1.82, 2.24) is 4.98 Å². The molecular formula is C10H15NO2S. The third kappa shape index (κ3) is 2.89. The van der Waals surface area contributed by atoms with Crippen molar-refractivity contribution in [2.45, 2.75) is 33.3 Å². The summed E-state index contributed by atoms with van der Waals surface area (Å²) < 4.78 is 0. The van der Waals surface area contributed by atoms with E-state index in [0.29, 0.717) is 0 Å². The first-order chi connectivity index (χ1) is 6.41. The summed E-state index contributed by atoms with van der Waals surface area (Å²) in [4.78, 5) is 15.6. The van der Waals surface area contributed by atoms with Crippen molar-refractivity contribution in [3.05, 3.63) is 16.6 Å². The number of Topliss-reactive ketones (excluding diaryl/α,β-unsaturated/α-hetero) is 1. The van der Waals surface area contributed by atoms with Crippen molar-refractivity contribution >= 4 is 17.1 Å². The number of hydrogen-bond donors (Lipinski definition) is 1. The Morgan fingerprint density at radius 1 is 1.64 bits per heavy atom. The van der Waals surface area contributed by atoms with Crippen LogP contribution in [0.5, 0.6) is 0 Å². The molecule has 0 radical (unpaired) electrons. The third-order valence-electron chi connectivity index (χ3n) is 1.93. The molecule has 0 fully saturated rings. The summed E-state index contributed by atoms with van der Waals surface area (Å²) >= 11 is 1.44. The Morgan fingerprint density at radius 3 is 2.71 bits per heavy atom. The van der Waals surface area contributed by atoms with Crippen LogP contribution >= 0.6 is 11.3 Å². The second-order valence-corrected chi connectivity index (χ2v) is 5.32. The Bertz CT molecular complexity index is 300. The minimum Gasteiger partial charge on any atom is -0.385 e. The maximum atomic E-state index is 11.6. The molecule has 0 aromatic carbocycles. The lowest BCUT2D eigenvalue weighted by molar-refractivity contribution is -0.131. The average Bonchev–Trinajstić information content (AvgIpc) is 2.53. The normalized spacial score (nSPS) is 14.0. The molecular weight excluding hydrogens is 198 g/mol. The van der Waals surface area contributed by atoms with E-state index in [1.165, 1.54) is 11.3 Å². The monoisotopic (exact) mass is 213 g/mol. The molecule has 1 rings (SSSR count). The van der Waals surface area contributed by atoms with Crippen LogP contribution in [0.15, 0.2) is 11.6 Å². The highest BCUT2D eigenvalue weighted by Crippen LogP contribution is 2.21. The van der Waals surface area contributed by atoms with Gasteiger partial charge in [-0.05, 0) is 5.41 Å². The van der Waals surface area contributed by atoms with Gasteiger partial charge in [0.25, 0.3) is 0 Å². The summed E-state index contributed by atoms with van der Waals surface area (Å²) in [5.74, 6) is -0.160. The molecule has 1 aromatic heterocycles. The van der Waals surface area contributed by atoms with Gasteiger partial charge in [-0.3, -0.25) is 4.79 Å². The quantitative estimate of drug-likeness (QED) is 0.830. The van der Waals surface area contributed by atoms with Gasteiger partial charge in [0, 0.05) is 11.6 Å². The van der Waals surface area contributed by atoms with Gasteiger partial charge in [-0.1, -0.05) is 20.8 Å². The highest BCUT2D eigenvalue weighted by Gasteiger charge is 2.28. The Hall–Kier alpha value is -0.740. The van der Waals surface area contributed by atoms with Crippen molar-refractivity contribution < 1.29 is 9.90 Å². The molecule has 0 aliphatic carbocycles. The smallest absolute Gasteiger partial charge is 0.168 e. The topological polar surface area (TPSA) is 50.2 Å². The Kier molecular flexibility index (Phi) is 3.39. The molecule has 0 saturated heterocycles. The first kappa shape index (κ1) is 11.3. The van der Waals surface area contributed by atoms with Gasteiger partial charge in [0.1, 0.15) is 6.10 Å². The van der Waals surface area contributed by atoms with Gasteiger partial charge in [0.2, 0.25) is 0 Å². The molecule has 1 N–H and O–H groups in total. The van der Waals surface area contributed by atoms with Crippen molar-refractivity contribution in [1.29, 1.82) is 0 Å². The van der Waals surface area contributed by atoms with E-state index in [9.17, 15) is 9.90 Å². The van der Waals surface area contributed by atoms with Gasteiger partial charge in [0.15, 0.2) is 5.78 Å². The summed E-state index contributed by atoms with van der Waals surface area (Å²) in [5.41, 5.74) is -0.395. The van der Waals surface area contributed by atoms with Crippen molar-refractivity contribution in [2.24, 2.45) is 5.41 Å². The molecule has 0 amide bonds. The van der Waals surface area contributed by atoms with E-state index in [0.717, 1.165) is 5.01 Å². The maximum Gasteiger partial charge on any atom is 0.168 e. The van der Waals surface area contributed by atoms with Gasteiger partial charge in [0.05, 0.1) is 11.4 Å². The SMILES string of the molecule is CC(C)(C)C(O)C(=O)Cc1nccs1. The van der Waals surface area contributed by atoms with Crippen LogP contribution in [0.2, 0.25) is 0 Å². The number of hydrogen-bond acceptors (Lipinski definition) is 4. The summed E-state index contributed by atoms with van der Waals surface area (Å²) in [6.07, 6.45) is 0.985. The van der Waals surface area contributed by atoms with Gasteiger partial charge in [-0.2, -0.15) is 0 Å². The van der Waals surface area contributed by atoms with Gasteiger partial charge in [-0.15, -0.1) is 11.3 Å². The van der Waals surface area contributed by atoms with E-state index < -0.39 is 11.5 Å². The van der Waals surface area contributed by atoms with Gasteiger partial charge < -0.3 is 5.11 Å². The fourth-order valence-electron chi connectivity index (χ4n) is 1.07. The minimum absolute atomic E-state index is 0.160. The highest BCUT2D eigenvalue weighted by atomic mass is 32.1. The van der Waals surface area contributed by atoms with Crippen LogP contribution in [0.4, 0.5) is 0 Å². The third-order valence-corrected chi connectivity index (χ3v) is 2.71. The average molecular weight is 213 g/mol. The van der Waals surface area contributed by atoms with Gasteiger partial charge in [-0.25, -0.2) is 4.98 Å². The Balaban J connectivity index is 2.59. The first-order valence-electron chi connectivity index (χ1n) is 4.50. The number of thiazole rings is 1. The number of aromatic nitrogens is 1. The summed E-state index contributed by atoms with van der Waals surface area (Å²) in [6.45, 7) is 5.53. The van der Waals surface area contributed by atoms with Crippen LogP contribution < -0.4 is 0 Å². The maximum absolute atomic E-state index is 11.6. The summed E-state index contributed by atoms with van der Waals surface area (Å²) in [6, 6.07) is 0. The fraction of sp³-hybridized carbons (Fsp3) is 0.600. The lowest BCUT2D eigenvalue weighted by atomic mass is 9.86. The van der Waals surface area contributed by atoms with E-state index in [1.54, 1.807) is 6.20 Å². The van der Waals surface area contributed by atoms with Crippen LogP contribution in [-0.2, 0) is 11.2 Å². The zero-order chi connectivity index (χ0) is 10.8. The van der Waals surface area contributed by atoms with Crippen LogP contribution in [0, 0.1) is 5.41 Å². The molecule has 1 aromatic rings. The zero-order valence-corrected chi connectivity index (χ0v) is 9.47. The number of rotatable bonds is 3. The zero-order valence-electron chi connectivity index (χ0n) is 8.65. The number of nitrogens with zero attached hydrogens (tertiary/aromatic N) is 1. The predicted molar refractivity (Wildman–Crippen MR) is 56.3 cm³/mol. The minimum atomic E-state index is -0.911. The first-order valence-corrected chi connectivity index (χ1v) is 5.38. The summed E-state index contributed by atoms with van der Waals surface area (Å²) in [7, 11) is 0. The predicted octanol–water partition coefficient (Wildman–Crippen LogP) is 1.66. The number of ketones is 1. The lowest BCUT2D eigenvalue weighted by Crippen LogP contribution is -2.35. The van der Waals surface area contributed by atoms with E-state index in [2.05, 4.69) is 4.98 Å². The molecule has 1 heterocycles. The van der Waals surface area contributed by atoms with Crippen LogP contribution in [0.1, 0.15) is 25.8 Å². The van der Waals surface area contributed by atoms with E-state index >= 15 is 0 Å². The number of carbonyl (C=O) groups excluding carboxylic acids is 1. The van der Waals surface area contributed by atoms with Gasteiger partial charge >= 0.3 is 0 Å². The Labute approximate surface area is 87.8 Å². The Morgan fingerprint density at radius 2 is 2.29 bits per heavy atom. The van der Waals surface area contributed by atoms with Crippen molar-refractivity contribution in [3.63, 3.8) is 0 Å². The molecule has 0 aliphatic heterocycles. The van der Waals surface area contributed by atoms with E-state index in [-0.39, 0.29) is 12.2 Å². The molecule has 4 heteroatoms. The summed E-state index contributed by atoms with van der Waals surface area (Å²) in [5, 5.41) is 12.3. The van der Waals surface area contributed by atoms with Crippen LogP contribution in [-0.4, -0.2) is 22.0 Å². The van der Waals surface area contributed by atoms with E-state index in [4.69, 9.17) is 0 Å². The van der Waals surface area contributed by atoms with E-state index in [1.807, 2.05) is 26.2 Å². The number of carbonyl (C=O) groups is 1. The molecule has 1 unspecified atom stereocenters. The molecule has 78 valence electrons. The van der Waals surface area contributed by atoms with Crippen molar-refractivity contribution in [3.8, 4) is 0 Å². The highest BCUT2D eigenvalue weighted by molar-refractivity contribution is 7.09. The van der Waals surface area contributed by atoms with Crippen LogP contribution in [0.3, 0.4) is 0 Å². The molecule has 0 aliphatic rings. The molecule has 1 atom stereocenters. The molecule has 0 bridgehead atoms.